The van der Waals surface area contributed by atoms with Crippen LogP contribution in [-0.2, 0) is 4.74 Å². The van der Waals surface area contributed by atoms with Crippen molar-refractivity contribution in [1.82, 2.24) is 14.9 Å². The molecule has 2 amide bonds. The van der Waals surface area contributed by atoms with Gasteiger partial charge in [-0.05, 0) is 33.3 Å². The number of carbonyl (C=O) groups is 2. The number of nitrogens with zero attached hydrogens (tertiary/aromatic N) is 2. The maximum Gasteiger partial charge on any atom is 0.410 e. The van der Waals surface area contributed by atoms with E-state index >= 15 is 0 Å². The third kappa shape index (κ3) is 4.12. The van der Waals surface area contributed by atoms with E-state index in [1.165, 1.54) is 11.1 Å². The van der Waals surface area contributed by atoms with E-state index in [0.29, 0.717) is 29.7 Å². The number of piperidine rings is 1. The highest BCUT2D eigenvalue weighted by Crippen LogP contribution is 2.28. The minimum absolute atomic E-state index is 0.0835. The Bertz CT molecular complexity index is 860. The SMILES string of the molecule is CC(C)(C)OC(=O)N1CC[C@H](Nc2c(C(N)=O)cnc3[nH]ccc23)[C@H](F)C1. The van der Waals surface area contributed by atoms with Gasteiger partial charge >= 0.3 is 6.09 Å². The molecule has 2 atom stereocenters. The van der Waals surface area contributed by atoms with Crippen molar-refractivity contribution in [1.29, 1.82) is 0 Å². The smallest absolute Gasteiger partial charge is 0.410 e. The van der Waals surface area contributed by atoms with E-state index in [-0.39, 0.29) is 12.1 Å². The minimum Gasteiger partial charge on any atom is -0.444 e. The summed E-state index contributed by atoms with van der Waals surface area (Å²) in [5, 5.41) is 3.76. The summed E-state index contributed by atoms with van der Waals surface area (Å²) in [6.07, 6.45) is 1.57. The van der Waals surface area contributed by atoms with E-state index in [9.17, 15) is 14.0 Å². The van der Waals surface area contributed by atoms with E-state index < -0.39 is 29.8 Å². The van der Waals surface area contributed by atoms with Crippen LogP contribution in [0.1, 0.15) is 37.6 Å². The van der Waals surface area contributed by atoms with Crippen LogP contribution in [0.2, 0.25) is 0 Å². The number of aromatic nitrogens is 2. The highest BCUT2D eigenvalue weighted by molar-refractivity contribution is 6.06. The predicted molar refractivity (Wildman–Crippen MR) is 99.3 cm³/mol. The summed E-state index contributed by atoms with van der Waals surface area (Å²) in [5.41, 5.74) is 6.03. The van der Waals surface area contributed by atoms with Gasteiger partial charge in [-0.25, -0.2) is 14.2 Å². The van der Waals surface area contributed by atoms with Crippen LogP contribution < -0.4 is 11.1 Å². The normalized spacial score (nSPS) is 20.5. The number of alkyl halides is 1. The first-order valence-electron chi connectivity index (χ1n) is 8.80. The number of nitrogens with two attached hydrogens (primary N) is 1. The number of halogens is 1. The zero-order chi connectivity index (χ0) is 19.8. The minimum atomic E-state index is -1.32. The number of H-pyrrole nitrogens is 1. The molecule has 9 heteroatoms. The number of ether oxygens (including phenoxy) is 1. The van der Waals surface area contributed by atoms with Crippen molar-refractivity contribution >= 4 is 28.7 Å². The van der Waals surface area contributed by atoms with Gasteiger partial charge < -0.3 is 25.7 Å². The molecule has 146 valence electrons. The van der Waals surface area contributed by atoms with E-state index in [1.54, 1.807) is 33.0 Å². The average molecular weight is 377 g/mol. The zero-order valence-corrected chi connectivity index (χ0v) is 15.6. The number of pyridine rings is 1. The third-order valence-electron chi connectivity index (χ3n) is 4.37. The fourth-order valence-corrected chi connectivity index (χ4v) is 3.10. The number of amides is 2. The molecule has 0 spiro atoms. The number of likely N-dealkylation sites (tertiary alicyclic amines) is 1. The molecule has 0 saturated carbocycles. The Morgan fingerprint density at radius 3 is 2.81 bits per heavy atom. The van der Waals surface area contributed by atoms with Crippen LogP contribution in [0, 0.1) is 0 Å². The maximum atomic E-state index is 14.8. The van der Waals surface area contributed by atoms with Crippen molar-refractivity contribution in [2.45, 2.75) is 45.0 Å². The topological polar surface area (TPSA) is 113 Å². The fourth-order valence-electron chi connectivity index (χ4n) is 3.10. The zero-order valence-electron chi connectivity index (χ0n) is 15.6. The Morgan fingerprint density at radius 2 is 2.19 bits per heavy atom. The van der Waals surface area contributed by atoms with Crippen LogP contribution in [-0.4, -0.2) is 57.8 Å². The molecule has 3 rings (SSSR count). The van der Waals surface area contributed by atoms with Gasteiger partial charge in [0.15, 0.2) is 0 Å². The summed E-state index contributed by atoms with van der Waals surface area (Å²) < 4.78 is 20.1. The molecule has 2 aromatic rings. The highest BCUT2D eigenvalue weighted by atomic mass is 19.1. The Balaban J connectivity index is 1.76. The van der Waals surface area contributed by atoms with Crippen LogP contribution in [0.4, 0.5) is 14.9 Å². The predicted octanol–water partition coefficient (Wildman–Crippen LogP) is 2.42. The summed E-state index contributed by atoms with van der Waals surface area (Å²) in [5.74, 6) is -0.644. The highest BCUT2D eigenvalue weighted by Gasteiger charge is 2.34. The molecule has 1 aliphatic rings. The number of anilines is 1. The lowest BCUT2D eigenvalue weighted by Gasteiger charge is -2.36. The number of hydrogen-bond acceptors (Lipinski definition) is 5. The molecule has 0 aromatic carbocycles. The van der Waals surface area contributed by atoms with Gasteiger partial charge in [-0.3, -0.25) is 4.79 Å². The van der Waals surface area contributed by atoms with Gasteiger partial charge in [0, 0.05) is 24.3 Å². The van der Waals surface area contributed by atoms with Gasteiger partial charge in [0.2, 0.25) is 0 Å². The molecule has 0 unspecified atom stereocenters. The van der Waals surface area contributed by atoms with Gasteiger partial charge in [-0.1, -0.05) is 0 Å². The first-order chi connectivity index (χ1) is 12.7. The largest absolute Gasteiger partial charge is 0.444 e. The molecule has 0 aliphatic carbocycles. The molecule has 1 aliphatic heterocycles. The standard InChI is InChI=1S/C18H24FN5O3/c1-18(2,3)27-17(26)24-7-5-13(12(19)9-24)23-14-10-4-6-21-16(10)22-8-11(14)15(20)25/h4,6,8,12-13H,5,7,9H2,1-3H3,(H2,20,25)(H2,21,22,23)/t12-,13+/m1/s1. The van der Waals surface area contributed by atoms with Crippen molar-refractivity contribution in [2.75, 3.05) is 18.4 Å². The van der Waals surface area contributed by atoms with Gasteiger partial charge in [0.05, 0.1) is 23.8 Å². The lowest BCUT2D eigenvalue weighted by molar-refractivity contribution is 0.0125. The van der Waals surface area contributed by atoms with Crippen molar-refractivity contribution in [3.05, 3.63) is 24.0 Å². The molecular formula is C18H24FN5O3. The summed E-state index contributed by atoms with van der Waals surface area (Å²) in [6.45, 7) is 5.56. The van der Waals surface area contributed by atoms with Crippen LogP contribution >= 0.6 is 0 Å². The first kappa shape index (κ1) is 18.9. The second kappa shape index (κ2) is 7.05. The van der Waals surface area contributed by atoms with E-state index in [1.807, 2.05) is 0 Å². The van der Waals surface area contributed by atoms with E-state index in [4.69, 9.17) is 10.5 Å². The second-order valence-electron chi connectivity index (χ2n) is 7.63. The lowest BCUT2D eigenvalue weighted by atomic mass is 10.0. The molecule has 2 aromatic heterocycles. The van der Waals surface area contributed by atoms with Crippen LogP contribution in [0.15, 0.2) is 18.5 Å². The van der Waals surface area contributed by atoms with Crippen molar-refractivity contribution < 1.29 is 18.7 Å². The Morgan fingerprint density at radius 1 is 1.44 bits per heavy atom. The molecule has 3 heterocycles. The van der Waals surface area contributed by atoms with Crippen LogP contribution in [0.3, 0.4) is 0 Å². The number of carbonyl (C=O) groups excluding carboxylic acids is 2. The number of hydrogen-bond donors (Lipinski definition) is 3. The molecule has 1 saturated heterocycles. The first-order valence-corrected chi connectivity index (χ1v) is 8.80. The Labute approximate surface area is 156 Å². The molecule has 0 radical (unpaired) electrons. The Hall–Kier alpha value is -2.84. The van der Waals surface area contributed by atoms with Gasteiger partial charge in [-0.2, -0.15) is 0 Å². The molecule has 0 bridgehead atoms. The number of primary amides is 1. The van der Waals surface area contributed by atoms with E-state index in [0.717, 1.165) is 0 Å². The monoisotopic (exact) mass is 377 g/mol. The quantitative estimate of drug-likeness (QED) is 0.760. The number of nitrogens with one attached hydrogen (secondary N) is 2. The molecule has 1 fully saturated rings. The summed E-state index contributed by atoms with van der Waals surface area (Å²) in [4.78, 5) is 32.4. The third-order valence-corrected chi connectivity index (χ3v) is 4.37. The fraction of sp³-hybridized carbons (Fsp3) is 0.500. The van der Waals surface area contributed by atoms with Crippen molar-refractivity contribution in [2.24, 2.45) is 5.73 Å². The molecule has 27 heavy (non-hydrogen) atoms. The Kier molecular flexibility index (Phi) is 4.95. The number of rotatable bonds is 3. The van der Waals surface area contributed by atoms with Crippen LogP contribution in [0.25, 0.3) is 11.0 Å². The lowest BCUT2D eigenvalue weighted by Crippen LogP contribution is -2.51. The van der Waals surface area contributed by atoms with Crippen LogP contribution in [0.5, 0.6) is 0 Å². The summed E-state index contributed by atoms with van der Waals surface area (Å²) in [7, 11) is 0. The van der Waals surface area contributed by atoms with Gasteiger partial charge in [0.1, 0.15) is 17.4 Å². The molecule has 8 nitrogen and oxygen atoms in total. The van der Waals surface area contributed by atoms with Crippen molar-refractivity contribution in [3.63, 3.8) is 0 Å². The second-order valence-corrected chi connectivity index (χ2v) is 7.63. The molecular weight excluding hydrogens is 353 g/mol. The molecule has 4 N–H and O–H groups in total. The van der Waals surface area contributed by atoms with E-state index in [2.05, 4.69) is 15.3 Å². The maximum absolute atomic E-state index is 14.8. The average Bonchev–Trinajstić information content (AvgIpc) is 3.03. The van der Waals surface area contributed by atoms with Crippen molar-refractivity contribution in [3.8, 4) is 0 Å². The number of fused-ring (bicyclic) bond motifs is 1. The van der Waals surface area contributed by atoms with Gasteiger partial charge in [-0.15, -0.1) is 0 Å². The number of aromatic amines is 1. The van der Waals surface area contributed by atoms with Gasteiger partial charge in [0.25, 0.3) is 5.91 Å². The summed E-state index contributed by atoms with van der Waals surface area (Å²) in [6, 6.07) is 1.18. The summed E-state index contributed by atoms with van der Waals surface area (Å²) >= 11 is 0.